The first kappa shape index (κ1) is 13.4. The van der Waals surface area contributed by atoms with Crippen LogP contribution in [0.1, 0.15) is 19.4 Å². The number of benzene rings is 1. The minimum atomic E-state index is -0.472. The van der Waals surface area contributed by atoms with Crippen LogP contribution in [0.3, 0.4) is 0 Å². The lowest BCUT2D eigenvalue weighted by atomic mass is 9.86. The lowest BCUT2D eigenvalue weighted by Crippen LogP contribution is -2.19. The van der Waals surface area contributed by atoms with Crippen molar-refractivity contribution >= 4 is 5.69 Å². The van der Waals surface area contributed by atoms with E-state index in [9.17, 15) is 15.2 Å². The fraction of sp³-hybridized carbons (Fsp3) is 0.500. The SMILES string of the molecule is COc1cc(CC(C)(C)CO)ccc1[N+](=O)[O-]. The highest BCUT2D eigenvalue weighted by molar-refractivity contribution is 5.48. The van der Waals surface area contributed by atoms with Crippen LogP contribution in [0, 0.1) is 15.5 Å². The second-order valence-corrected chi connectivity index (χ2v) is 4.76. The first-order valence-electron chi connectivity index (χ1n) is 5.32. The van der Waals surface area contributed by atoms with Crippen molar-refractivity contribution in [1.82, 2.24) is 0 Å². The number of nitro groups is 1. The number of hydrogen-bond donors (Lipinski definition) is 1. The maximum atomic E-state index is 10.7. The smallest absolute Gasteiger partial charge is 0.310 e. The number of aliphatic hydroxyl groups excluding tert-OH is 1. The van der Waals surface area contributed by atoms with Crippen molar-refractivity contribution in [2.45, 2.75) is 20.3 Å². The molecule has 5 heteroatoms. The molecule has 5 nitrogen and oxygen atoms in total. The molecule has 0 aromatic heterocycles. The number of nitro benzene ring substituents is 1. The molecule has 0 heterocycles. The summed E-state index contributed by atoms with van der Waals surface area (Å²) in [6.45, 7) is 3.92. The molecule has 0 aliphatic rings. The number of nitrogens with zero attached hydrogens (tertiary/aromatic N) is 1. The summed E-state index contributed by atoms with van der Waals surface area (Å²) < 4.78 is 4.99. The van der Waals surface area contributed by atoms with Crippen molar-refractivity contribution in [3.05, 3.63) is 33.9 Å². The molecule has 0 aliphatic carbocycles. The van der Waals surface area contributed by atoms with Gasteiger partial charge in [-0.1, -0.05) is 19.9 Å². The normalized spacial score (nSPS) is 11.3. The summed E-state index contributed by atoms with van der Waals surface area (Å²) in [5, 5.41) is 19.9. The second-order valence-electron chi connectivity index (χ2n) is 4.76. The standard InChI is InChI=1S/C12H17NO4/c1-12(2,8-14)7-9-4-5-10(13(15)16)11(6-9)17-3/h4-6,14H,7-8H2,1-3H3. The molecule has 0 aliphatic heterocycles. The minimum absolute atomic E-state index is 0.0435. The summed E-state index contributed by atoms with van der Waals surface area (Å²) in [5.74, 6) is 0.251. The molecular formula is C12H17NO4. The van der Waals surface area contributed by atoms with E-state index in [0.717, 1.165) is 5.56 Å². The van der Waals surface area contributed by atoms with Crippen molar-refractivity contribution in [3.8, 4) is 5.75 Å². The van der Waals surface area contributed by atoms with E-state index in [0.29, 0.717) is 6.42 Å². The zero-order valence-corrected chi connectivity index (χ0v) is 10.3. The number of rotatable bonds is 5. The van der Waals surface area contributed by atoms with Gasteiger partial charge in [0.05, 0.1) is 12.0 Å². The van der Waals surface area contributed by atoms with Crippen molar-refractivity contribution in [3.63, 3.8) is 0 Å². The highest BCUT2D eigenvalue weighted by Crippen LogP contribution is 2.30. The molecule has 17 heavy (non-hydrogen) atoms. The second kappa shape index (κ2) is 5.14. The van der Waals surface area contributed by atoms with Gasteiger partial charge >= 0.3 is 5.69 Å². The Kier molecular flexibility index (Phi) is 4.07. The van der Waals surface area contributed by atoms with Gasteiger partial charge in [-0.25, -0.2) is 0 Å². The Labute approximate surface area is 100 Å². The maximum Gasteiger partial charge on any atom is 0.310 e. The van der Waals surface area contributed by atoms with E-state index >= 15 is 0 Å². The summed E-state index contributed by atoms with van der Waals surface area (Å²) in [7, 11) is 1.41. The van der Waals surface area contributed by atoms with Gasteiger partial charge in [-0.3, -0.25) is 10.1 Å². The van der Waals surface area contributed by atoms with Gasteiger partial charge in [-0.05, 0) is 23.5 Å². The summed E-state index contributed by atoms with van der Waals surface area (Å²) in [6.07, 6.45) is 0.637. The Bertz CT molecular complexity index is 415. The van der Waals surface area contributed by atoms with Crippen molar-refractivity contribution < 1.29 is 14.8 Å². The lowest BCUT2D eigenvalue weighted by molar-refractivity contribution is -0.385. The van der Waals surface area contributed by atoms with Crippen LogP contribution in [0.4, 0.5) is 5.69 Å². The Morgan fingerprint density at radius 3 is 2.59 bits per heavy atom. The fourth-order valence-corrected chi connectivity index (χ4v) is 1.59. The van der Waals surface area contributed by atoms with Crippen molar-refractivity contribution in [1.29, 1.82) is 0 Å². The highest BCUT2D eigenvalue weighted by atomic mass is 16.6. The van der Waals surface area contributed by atoms with E-state index in [4.69, 9.17) is 4.74 Å². The van der Waals surface area contributed by atoms with Gasteiger partial charge in [-0.15, -0.1) is 0 Å². The maximum absolute atomic E-state index is 10.7. The number of methoxy groups -OCH3 is 1. The molecule has 1 aromatic carbocycles. The summed E-state index contributed by atoms with van der Waals surface area (Å²) in [5.41, 5.74) is 0.616. The number of hydrogen-bond acceptors (Lipinski definition) is 4. The Morgan fingerprint density at radius 2 is 2.12 bits per heavy atom. The topological polar surface area (TPSA) is 72.6 Å². The van der Waals surface area contributed by atoms with Crippen LogP contribution in [0.5, 0.6) is 5.75 Å². The third-order valence-electron chi connectivity index (χ3n) is 2.55. The summed E-state index contributed by atoms with van der Waals surface area (Å²) >= 11 is 0. The van der Waals surface area contributed by atoms with Crippen LogP contribution in [-0.2, 0) is 6.42 Å². The Hall–Kier alpha value is -1.62. The quantitative estimate of drug-likeness (QED) is 0.631. The molecule has 1 aromatic rings. The van der Waals surface area contributed by atoms with Gasteiger partial charge in [-0.2, -0.15) is 0 Å². The van der Waals surface area contributed by atoms with Gasteiger partial charge in [0.2, 0.25) is 0 Å². The first-order valence-corrected chi connectivity index (χ1v) is 5.32. The van der Waals surface area contributed by atoms with Crippen LogP contribution in [0.15, 0.2) is 18.2 Å². The van der Waals surface area contributed by atoms with Gasteiger partial charge < -0.3 is 9.84 Å². The third-order valence-corrected chi connectivity index (χ3v) is 2.55. The van der Waals surface area contributed by atoms with Crippen LogP contribution < -0.4 is 4.74 Å². The average Bonchev–Trinajstić information content (AvgIpc) is 2.28. The molecule has 0 amide bonds. The number of ether oxygens (including phenoxy) is 1. The molecule has 1 N–H and O–H groups in total. The Balaban J connectivity index is 3.02. The van der Waals surface area contributed by atoms with E-state index in [-0.39, 0.29) is 23.5 Å². The predicted octanol–water partition coefficient (Wildman–Crippen LogP) is 2.16. The van der Waals surface area contributed by atoms with Crippen molar-refractivity contribution in [2.24, 2.45) is 5.41 Å². The number of aliphatic hydroxyl groups is 1. The molecule has 0 fully saturated rings. The highest BCUT2D eigenvalue weighted by Gasteiger charge is 2.20. The van der Waals surface area contributed by atoms with Crippen LogP contribution >= 0.6 is 0 Å². The van der Waals surface area contributed by atoms with Gasteiger partial charge in [0, 0.05) is 12.7 Å². The monoisotopic (exact) mass is 239 g/mol. The van der Waals surface area contributed by atoms with Gasteiger partial charge in [0.15, 0.2) is 5.75 Å². The van der Waals surface area contributed by atoms with Gasteiger partial charge in [0.25, 0.3) is 0 Å². The molecule has 0 unspecified atom stereocenters. The fourth-order valence-electron chi connectivity index (χ4n) is 1.59. The molecule has 0 saturated carbocycles. The van der Waals surface area contributed by atoms with E-state index in [1.165, 1.54) is 13.2 Å². The van der Waals surface area contributed by atoms with E-state index in [1.807, 2.05) is 13.8 Å². The Morgan fingerprint density at radius 1 is 1.47 bits per heavy atom. The van der Waals surface area contributed by atoms with Crippen LogP contribution in [-0.4, -0.2) is 23.7 Å². The van der Waals surface area contributed by atoms with E-state index in [2.05, 4.69) is 0 Å². The average molecular weight is 239 g/mol. The largest absolute Gasteiger partial charge is 0.490 e. The molecule has 0 spiro atoms. The lowest BCUT2D eigenvalue weighted by Gasteiger charge is -2.21. The molecule has 0 atom stereocenters. The summed E-state index contributed by atoms with van der Waals surface area (Å²) in [6, 6.07) is 4.77. The third kappa shape index (κ3) is 3.42. The minimum Gasteiger partial charge on any atom is -0.490 e. The van der Waals surface area contributed by atoms with Gasteiger partial charge in [0.1, 0.15) is 0 Å². The zero-order valence-electron chi connectivity index (χ0n) is 10.3. The first-order chi connectivity index (χ1) is 7.89. The van der Waals surface area contributed by atoms with Crippen LogP contribution in [0.25, 0.3) is 0 Å². The van der Waals surface area contributed by atoms with E-state index < -0.39 is 4.92 Å². The zero-order chi connectivity index (χ0) is 13.1. The molecular weight excluding hydrogens is 222 g/mol. The molecule has 0 radical (unpaired) electrons. The summed E-state index contributed by atoms with van der Waals surface area (Å²) in [4.78, 5) is 10.2. The molecule has 0 bridgehead atoms. The molecule has 0 saturated heterocycles. The van der Waals surface area contributed by atoms with E-state index in [1.54, 1.807) is 12.1 Å². The molecule has 94 valence electrons. The van der Waals surface area contributed by atoms with Crippen molar-refractivity contribution in [2.75, 3.05) is 13.7 Å². The predicted molar refractivity (Wildman–Crippen MR) is 64.2 cm³/mol. The molecule has 1 rings (SSSR count). The van der Waals surface area contributed by atoms with Crippen LogP contribution in [0.2, 0.25) is 0 Å².